The fourth-order valence-electron chi connectivity index (χ4n) is 1.05. The zero-order chi connectivity index (χ0) is 8.10. The summed E-state index contributed by atoms with van der Waals surface area (Å²) in [4.78, 5) is 0. The second-order valence-electron chi connectivity index (χ2n) is 2.52. The molecule has 0 aliphatic carbocycles. The predicted octanol–water partition coefficient (Wildman–Crippen LogP) is 1.10. The Bertz CT molecular complexity index is 228. The van der Waals surface area contributed by atoms with Gasteiger partial charge in [0.25, 0.3) is 0 Å². The van der Waals surface area contributed by atoms with E-state index in [2.05, 4.69) is 0 Å². The summed E-state index contributed by atoms with van der Waals surface area (Å²) < 4.78 is 0. The Morgan fingerprint density at radius 3 is 2.50 bits per heavy atom. The average Bonchev–Trinajstić information content (AvgIpc) is 2.06. The smallest absolute Gasteiger partial charge is 0.0681 e. The molecule has 0 fully saturated rings. The van der Waals surface area contributed by atoms with Gasteiger partial charge in [0.05, 0.1) is 6.61 Å². The lowest BCUT2D eigenvalue weighted by atomic mass is 10.1. The number of aliphatic hydroxyl groups is 1. The highest BCUT2D eigenvalue weighted by Gasteiger charge is 1.92. The highest BCUT2D eigenvalue weighted by atomic mass is 35.5. The molecule has 0 unspecified atom stereocenters. The van der Waals surface area contributed by atoms with Gasteiger partial charge in [-0.1, -0.05) is 24.3 Å². The maximum Gasteiger partial charge on any atom is 0.0681 e. The first-order valence-corrected chi connectivity index (χ1v) is 3.75. The lowest BCUT2D eigenvalue weighted by molar-refractivity contribution is 0.281. The summed E-state index contributed by atoms with van der Waals surface area (Å²) in [5.41, 5.74) is 7.54. The van der Waals surface area contributed by atoms with Crippen LogP contribution in [-0.2, 0) is 13.0 Å². The molecule has 0 saturated carbocycles. The number of hydrogen-bond donors (Lipinski definition) is 2. The number of hydrogen-bond acceptors (Lipinski definition) is 2. The summed E-state index contributed by atoms with van der Waals surface area (Å²) in [7, 11) is 0. The molecule has 12 heavy (non-hydrogen) atoms. The third kappa shape index (κ3) is 3.22. The summed E-state index contributed by atoms with van der Waals surface area (Å²) in [6, 6.07) is 7.84. The molecule has 1 rings (SSSR count). The maximum atomic E-state index is 8.80. The summed E-state index contributed by atoms with van der Waals surface area (Å²) in [5.74, 6) is 0. The Morgan fingerprint density at radius 1 is 1.25 bits per heavy atom. The largest absolute Gasteiger partial charge is 0.392 e. The second kappa shape index (κ2) is 6.00. The van der Waals surface area contributed by atoms with Crippen molar-refractivity contribution < 1.29 is 5.11 Å². The van der Waals surface area contributed by atoms with Crippen molar-refractivity contribution in [3.63, 3.8) is 0 Å². The number of nitrogens with two attached hydrogens (primary N) is 1. The fourth-order valence-corrected chi connectivity index (χ4v) is 1.05. The van der Waals surface area contributed by atoms with Crippen LogP contribution in [0.15, 0.2) is 24.3 Å². The number of aliphatic hydroxyl groups excluding tert-OH is 1. The summed E-state index contributed by atoms with van der Waals surface area (Å²) in [6.07, 6.45) is 0.883. The highest BCUT2D eigenvalue weighted by molar-refractivity contribution is 5.85. The van der Waals surface area contributed by atoms with Crippen LogP contribution in [0.3, 0.4) is 0 Å². The van der Waals surface area contributed by atoms with Crippen molar-refractivity contribution in [3.8, 4) is 0 Å². The third-order valence-corrected chi connectivity index (χ3v) is 1.61. The Balaban J connectivity index is 0.00000121. The van der Waals surface area contributed by atoms with Crippen LogP contribution in [0.4, 0.5) is 0 Å². The first-order valence-electron chi connectivity index (χ1n) is 3.75. The Hall–Kier alpha value is -0.570. The first kappa shape index (κ1) is 11.4. The lowest BCUT2D eigenvalue weighted by Gasteiger charge is -2.00. The fraction of sp³-hybridized carbons (Fsp3) is 0.333. The Kier molecular flexibility index (Phi) is 5.72. The van der Waals surface area contributed by atoms with Crippen molar-refractivity contribution in [2.45, 2.75) is 13.0 Å². The molecule has 1 aromatic carbocycles. The van der Waals surface area contributed by atoms with Gasteiger partial charge in [0.15, 0.2) is 0 Å². The molecular formula is C9H14ClNO. The molecule has 3 heteroatoms. The van der Waals surface area contributed by atoms with Gasteiger partial charge in [-0.15, -0.1) is 12.4 Å². The minimum atomic E-state index is 0. The zero-order valence-electron chi connectivity index (χ0n) is 6.86. The molecule has 3 N–H and O–H groups in total. The normalized spacial score (nSPS) is 9.17. The van der Waals surface area contributed by atoms with Crippen LogP contribution >= 0.6 is 12.4 Å². The van der Waals surface area contributed by atoms with Crippen molar-refractivity contribution in [1.82, 2.24) is 0 Å². The van der Waals surface area contributed by atoms with Crippen molar-refractivity contribution >= 4 is 12.4 Å². The first-order chi connectivity index (χ1) is 5.36. The van der Waals surface area contributed by atoms with E-state index >= 15 is 0 Å². The van der Waals surface area contributed by atoms with E-state index < -0.39 is 0 Å². The van der Waals surface area contributed by atoms with Gasteiger partial charge in [-0.2, -0.15) is 0 Å². The quantitative estimate of drug-likeness (QED) is 0.745. The molecule has 0 atom stereocenters. The second-order valence-corrected chi connectivity index (χ2v) is 2.52. The van der Waals surface area contributed by atoms with Crippen LogP contribution in [0, 0.1) is 0 Å². The summed E-state index contributed by atoms with van der Waals surface area (Å²) >= 11 is 0. The van der Waals surface area contributed by atoms with E-state index in [9.17, 15) is 0 Å². The van der Waals surface area contributed by atoms with Gasteiger partial charge in [-0.3, -0.25) is 0 Å². The van der Waals surface area contributed by atoms with E-state index in [0.29, 0.717) is 6.54 Å². The molecule has 2 nitrogen and oxygen atoms in total. The standard InChI is InChI=1S/C9H13NO.ClH/c10-5-4-8-2-1-3-9(6-8)7-11;/h1-3,6,11H,4-5,7,10H2;1H. The van der Waals surface area contributed by atoms with Crippen molar-refractivity contribution in [2.75, 3.05) is 6.54 Å². The van der Waals surface area contributed by atoms with Crippen LogP contribution in [0.5, 0.6) is 0 Å². The third-order valence-electron chi connectivity index (χ3n) is 1.61. The molecule has 0 aliphatic heterocycles. The average molecular weight is 188 g/mol. The van der Waals surface area contributed by atoms with Gasteiger partial charge in [-0.05, 0) is 24.1 Å². The lowest BCUT2D eigenvalue weighted by Crippen LogP contribution is -2.02. The van der Waals surface area contributed by atoms with Gasteiger partial charge in [0.1, 0.15) is 0 Å². The molecule has 1 aromatic rings. The molecular weight excluding hydrogens is 174 g/mol. The van der Waals surface area contributed by atoms with E-state index in [0.717, 1.165) is 12.0 Å². The zero-order valence-corrected chi connectivity index (χ0v) is 7.68. The molecule has 0 heterocycles. The molecule has 0 amide bonds. The van der Waals surface area contributed by atoms with Crippen molar-refractivity contribution in [3.05, 3.63) is 35.4 Å². The highest BCUT2D eigenvalue weighted by Crippen LogP contribution is 2.04. The van der Waals surface area contributed by atoms with E-state index in [1.807, 2.05) is 24.3 Å². The van der Waals surface area contributed by atoms with Gasteiger partial charge < -0.3 is 10.8 Å². The van der Waals surface area contributed by atoms with Crippen molar-refractivity contribution in [2.24, 2.45) is 5.73 Å². The molecule has 0 saturated heterocycles. The van der Waals surface area contributed by atoms with E-state index in [4.69, 9.17) is 10.8 Å². The molecule has 68 valence electrons. The Morgan fingerprint density at radius 2 is 1.92 bits per heavy atom. The van der Waals surface area contributed by atoms with Crippen LogP contribution < -0.4 is 5.73 Å². The van der Waals surface area contributed by atoms with Gasteiger partial charge in [0, 0.05) is 0 Å². The minimum Gasteiger partial charge on any atom is -0.392 e. The number of benzene rings is 1. The van der Waals surface area contributed by atoms with E-state index in [-0.39, 0.29) is 19.0 Å². The molecule has 0 bridgehead atoms. The minimum absolute atomic E-state index is 0. The predicted molar refractivity (Wildman–Crippen MR) is 52.4 cm³/mol. The topological polar surface area (TPSA) is 46.2 Å². The molecule has 0 aromatic heterocycles. The maximum absolute atomic E-state index is 8.80. The van der Waals surface area contributed by atoms with Crippen LogP contribution in [-0.4, -0.2) is 11.7 Å². The SMILES string of the molecule is Cl.NCCc1cccc(CO)c1. The van der Waals surface area contributed by atoms with Gasteiger partial charge in [-0.25, -0.2) is 0 Å². The van der Waals surface area contributed by atoms with Crippen LogP contribution in [0.1, 0.15) is 11.1 Å². The van der Waals surface area contributed by atoms with Crippen LogP contribution in [0.25, 0.3) is 0 Å². The number of halogens is 1. The van der Waals surface area contributed by atoms with E-state index in [1.54, 1.807) is 0 Å². The van der Waals surface area contributed by atoms with Crippen LogP contribution in [0.2, 0.25) is 0 Å². The number of rotatable bonds is 3. The molecule has 0 aliphatic rings. The van der Waals surface area contributed by atoms with E-state index in [1.165, 1.54) is 5.56 Å². The van der Waals surface area contributed by atoms with Gasteiger partial charge in [0.2, 0.25) is 0 Å². The Labute approximate surface area is 78.8 Å². The molecule has 0 spiro atoms. The monoisotopic (exact) mass is 187 g/mol. The summed E-state index contributed by atoms with van der Waals surface area (Å²) in [5, 5.41) is 8.80. The van der Waals surface area contributed by atoms with Gasteiger partial charge >= 0.3 is 0 Å². The summed E-state index contributed by atoms with van der Waals surface area (Å²) in [6.45, 7) is 0.771. The van der Waals surface area contributed by atoms with Crippen molar-refractivity contribution in [1.29, 1.82) is 0 Å². The molecule has 0 radical (unpaired) electrons.